The second-order valence-electron chi connectivity index (χ2n) is 2.84. The van der Waals surface area contributed by atoms with Crippen LogP contribution in [-0.4, -0.2) is 11.2 Å². The highest BCUT2D eigenvalue weighted by molar-refractivity contribution is 7.98. The molecule has 0 fully saturated rings. The summed E-state index contributed by atoms with van der Waals surface area (Å²) < 4.78 is 0. The third-order valence-electron chi connectivity index (χ3n) is 1.99. The van der Waals surface area contributed by atoms with Gasteiger partial charge in [0.05, 0.1) is 5.69 Å². The third-order valence-corrected chi connectivity index (χ3v) is 2.78. The Morgan fingerprint density at radius 2 is 2.14 bits per heavy atom. The van der Waals surface area contributed by atoms with Gasteiger partial charge in [-0.3, -0.25) is 4.98 Å². The number of thioether (sulfide) groups is 1. The molecule has 1 radical (unpaired) electrons. The summed E-state index contributed by atoms with van der Waals surface area (Å²) in [6.45, 7) is 0. The average molecular weight is 200 g/mol. The maximum Gasteiger partial charge on any atom is 0.0719 e. The molecule has 0 unspecified atom stereocenters. The Balaban J connectivity index is 2.51. The molecule has 2 aromatic rings. The lowest BCUT2D eigenvalue weighted by atomic mass is 10.1. The van der Waals surface area contributed by atoms with Crippen molar-refractivity contribution in [3.8, 4) is 11.3 Å². The summed E-state index contributed by atoms with van der Waals surface area (Å²) in [6.07, 6.45) is 3.85. The molecular formula is C12H10NS. The van der Waals surface area contributed by atoms with Gasteiger partial charge >= 0.3 is 0 Å². The van der Waals surface area contributed by atoms with Gasteiger partial charge in [-0.25, -0.2) is 0 Å². The van der Waals surface area contributed by atoms with Crippen LogP contribution in [0.25, 0.3) is 11.3 Å². The highest BCUT2D eigenvalue weighted by Gasteiger charge is 2.02. The van der Waals surface area contributed by atoms with Gasteiger partial charge in [0, 0.05) is 16.7 Å². The standard InChI is InChI=1S/C12H10NS/c1-14-12-8-3-2-6-10(12)11-7-4-5-9-13-11/h2-3,5-9H,1H3. The molecule has 1 aromatic carbocycles. The fourth-order valence-electron chi connectivity index (χ4n) is 1.33. The van der Waals surface area contributed by atoms with Gasteiger partial charge in [-0.2, -0.15) is 0 Å². The summed E-state index contributed by atoms with van der Waals surface area (Å²) in [5, 5.41) is 0. The van der Waals surface area contributed by atoms with Crippen LogP contribution in [-0.2, 0) is 0 Å². The summed E-state index contributed by atoms with van der Waals surface area (Å²) in [5.41, 5.74) is 2.16. The fourth-order valence-corrected chi connectivity index (χ4v) is 1.94. The maximum atomic E-state index is 4.31. The first-order chi connectivity index (χ1) is 6.92. The van der Waals surface area contributed by atoms with Crippen molar-refractivity contribution in [3.05, 3.63) is 48.7 Å². The Morgan fingerprint density at radius 1 is 1.29 bits per heavy atom. The molecule has 0 amide bonds. The van der Waals surface area contributed by atoms with Crippen molar-refractivity contribution in [2.75, 3.05) is 6.26 Å². The van der Waals surface area contributed by atoms with E-state index in [2.05, 4.69) is 29.4 Å². The Kier molecular flexibility index (Phi) is 2.84. The van der Waals surface area contributed by atoms with Crippen LogP contribution in [0, 0.1) is 6.07 Å². The molecule has 69 valence electrons. The molecule has 1 aromatic heterocycles. The smallest absolute Gasteiger partial charge is 0.0719 e. The number of benzene rings is 1. The van der Waals surface area contributed by atoms with Crippen molar-refractivity contribution in [2.45, 2.75) is 4.90 Å². The minimum atomic E-state index is 0.984. The molecule has 2 heteroatoms. The lowest BCUT2D eigenvalue weighted by molar-refractivity contribution is 1.29. The minimum Gasteiger partial charge on any atom is -0.256 e. The van der Waals surface area contributed by atoms with E-state index in [1.54, 1.807) is 18.0 Å². The van der Waals surface area contributed by atoms with Gasteiger partial charge in [0.15, 0.2) is 0 Å². The van der Waals surface area contributed by atoms with Crippen molar-refractivity contribution in [1.29, 1.82) is 0 Å². The van der Waals surface area contributed by atoms with Crippen LogP contribution >= 0.6 is 11.8 Å². The van der Waals surface area contributed by atoms with Crippen LogP contribution in [0.3, 0.4) is 0 Å². The molecule has 1 heterocycles. The predicted molar refractivity (Wildman–Crippen MR) is 60.3 cm³/mol. The molecule has 1 nitrogen and oxygen atoms in total. The quantitative estimate of drug-likeness (QED) is 0.690. The Morgan fingerprint density at radius 3 is 2.86 bits per heavy atom. The van der Waals surface area contributed by atoms with Gasteiger partial charge in [0.2, 0.25) is 0 Å². The number of pyridine rings is 1. The van der Waals surface area contributed by atoms with Gasteiger partial charge in [0.25, 0.3) is 0 Å². The van der Waals surface area contributed by atoms with Gasteiger partial charge in [0.1, 0.15) is 0 Å². The largest absolute Gasteiger partial charge is 0.256 e. The van der Waals surface area contributed by atoms with Crippen molar-refractivity contribution in [3.63, 3.8) is 0 Å². The van der Waals surface area contributed by atoms with Crippen LogP contribution < -0.4 is 0 Å². The molecule has 0 saturated carbocycles. The van der Waals surface area contributed by atoms with Crippen LogP contribution in [0.1, 0.15) is 0 Å². The molecule has 0 aliphatic carbocycles. The van der Waals surface area contributed by atoms with Crippen molar-refractivity contribution in [2.24, 2.45) is 0 Å². The molecule has 0 aliphatic heterocycles. The molecule has 2 rings (SSSR count). The van der Waals surface area contributed by atoms with Crippen LogP contribution in [0.2, 0.25) is 0 Å². The summed E-state index contributed by atoms with van der Waals surface area (Å²) in [6, 6.07) is 15.0. The van der Waals surface area contributed by atoms with E-state index in [1.165, 1.54) is 10.5 Å². The lowest BCUT2D eigenvalue weighted by Crippen LogP contribution is -1.84. The van der Waals surface area contributed by atoms with Gasteiger partial charge in [-0.05, 0) is 30.5 Å². The molecular weight excluding hydrogens is 190 g/mol. The molecule has 0 atom stereocenters. The first-order valence-electron chi connectivity index (χ1n) is 4.37. The zero-order valence-electron chi connectivity index (χ0n) is 7.90. The summed E-state index contributed by atoms with van der Waals surface area (Å²) in [7, 11) is 0. The normalized spacial score (nSPS) is 10.1. The third kappa shape index (κ3) is 1.80. The number of aromatic nitrogens is 1. The summed E-state index contributed by atoms with van der Waals surface area (Å²) in [5.74, 6) is 0. The van der Waals surface area contributed by atoms with E-state index in [0.29, 0.717) is 0 Å². The van der Waals surface area contributed by atoms with Crippen LogP contribution in [0.4, 0.5) is 0 Å². The topological polar surface area (TPSA) is 12.9 Å². The van der Waals surface area contributed by atoms with Crippen LogP contribution in [0.5, 0.6) is 0 Å². The van der Waals surface area contributed by atoms with E-state index in [-0.39, 0.29) is 0 Å². The molecule has 0 spiro atoms. The highest BCUT2D eigenvalue weighted by atomic mass is 32.2. The Labute approximate surface area is 88.2 Å². The van der Waals surface area contributed by atoms with E-state index >= 15 is 0 Å². The molecule has 0 aliphatic rings. The van der Waals surface area contributed by atoms with E-state index < -0.39 is 0 Å². The molecule has 0 bridgehead atoms. The van der Waals surface area contributed by atoms with E-state index in [0.717, 1.165) is 5.69 Å². The van der Waals surface area contributed by atoms with Gasteiger partial charge < -0.3 is 0 Å². The second kappa shape index (κ2) is 4.29. The van der Waals surface area contributed by atoms with E-state index in [9.17, 15) is 0 Å². The molecule has 0 saturated heterocycles. The number of hydrogen-bond acceptors (Lipinski definition) is 2. The van der Waals surface area contributed by atoms with E-state index in [4.69, 9.17) is 0 Å². The zero-order valence-corrected chi connectivity index (χ0v) is 8.71. The SMILES string of the molecule is CSc1ccccc1-c1c[c]ccn1. The van der Waals surface area contributed by atoms with Gasteiger partial charge in [-0.1, -0.05) is 18.2 Å². The predicted octanol–water partition coefficient (Wildman–Crippen LogP) is 3.27. The Bertz CT molecular complexity index is 412. The van der Waals surface area contributed by atoms with Crippen molar-refractivity contribution in [1.82, 2.24) is 4.98 Å². The van der Waals surface area contributed by atoms with Gasteiger partial charge in [-0.15, -0.1) is 11.8 Å². The zero-order chi connectivity index (χ0) is 9.80. The molecule has 14 heavy (non-hydrogen) atoms. The Hall–Kier alpha value is -1.28. The van der Waals surface area contributed by atoms with Crippen molar-refractivity contribution >= 4 is 11.8 Å². The maximum absolute atomic E-state index is 4.31. The molecule has 0 N–H and O–H groups in total. The lowest BCUT2D eigenvalue weighted by Gasteiger charge is -2.05. The summed E-state index contributed by atoms with van der Waals surface area (Å²) >= 11 is 1.74. The highest BCUT2D eigenvalue weighted by Crippen LogP contribution is 2.27. The second-order valence-corrected chi connectivity index (χ2v) is 3.69. The fraction of sp³-hybridized carbons (Fsp3) is 0.0833. The number of nitrogens with zero attached hydrogens (tertiary/aromatic N) is 1. The summed E-state index contributed by atoms with van der Waals surface area (Å²) in [4.78, 5) is 5.56. The minimum absolute atomic E-state index is 0.984. The monoisotopic (exact) mass is 200 g/mol. The average Bonchev–Trinajstić information content (AvgIpc) is 2.30. The van der Waals surface area contributed by atoms with E-state index in [1.807, 2.05) is 24.3 Å². The number of hydrogen-bond donors (Lipinski definition) is 0. The first-order valence-corrected chi connectivity index (χ1v) is 5.60. The van der Waals surface area contributed by atoms with Crippen molar-refractivity contribution < 1.29 is 0 Å². The van der Waals surface area contributed by atoms with Crippen LogP contribution in [0.15, 0.2) is 47.5 Å². The first kappa shape index (κ1) is 9.28. The number of rotatable bonds is 2.